The molecule has 1 heterocycles. The molecule has 0 aromatic rings. The van der Waals surface area contributed by atoms with E-state index in [1.54, 1.807) is 0 Å². The molecule has 1 amide bonds. The molecule has 0 bridgehead atoms. The Balaban J connectivity index is 1.93. The highest BCUT2D eigenvalue weighted by atomic mass is 16.2. The molecular weight excluding hydrogens is 186 g/mol. The molecule has 0 N–H and O–H groups in total. The zero-order chi connectivity index (χ0) is 11.1. The zero-order valence-corrected chi connectivity index (χ0v) is 10.3. The highest BCUT2D eigenvalue weighted by Gasteiger charge is 2.40. The second kappa shape index (κ2) is 3.80. The summed E-state index contributed by atoms with van der Waals surface area (Å²) in [5, 5.41) is 0. The third-order valence-corrected chi connectivity index (χ3v) is 3.47. The molecule has 2 rings (SSSR count). The predicted molar refractivity (Wildman–Crippen MR) is 61.5 cm³/mol. The Labute approximate surface area is 93.0 Å². The first-order chi connectivity index (χ1) is 6.97. The Morgan fingerprint density at radius 3 is 2.47 bits per heavy atom. The van der Waals surface area contributed by atoms with Gasteiger partial charge in [0, 0.05) is 19.0 Å². The van der Waals surface area contributed by atoms with Crippen molar-refractivity contribution in [2.75, 3.05) is 6.54 Å². The number of hydrogen-bond acceptors (Lipinski definition) is 1. The number of carbonyl (C=O) groups is 1. The molecule has 15 heavy (non-hydrogen) atoms. The van der Waals surface area contributed by atoms with Crippen LogP contribution in [0.15, 0.2) is 0 Å². The standard InChI is InChI=1S/C13H23NO/c1-13(2,3)9-12(15)14-8-4-5-11(14)10-6-7-10/h10-11H,4-9H2,1-3H3. The van der Waals surface area contributed by atoms with Gasteiger partial charge < -0.3 is 4.90 Å². The highest BCUT2D eigenvalue weighted by molar-refractivity contribution is 5.77. The van der Waals surface area contributed by atoms with Crippen molar-refractivity contribution in [3.8, 4) is 0 Å². The third-order valence-electron chi connectivity index (χ3n) is 3.47. The van der Waals surface area contributed by atoms with Crippen molar-refractivity contribution >= 4 is 5.91 Å². The second-order valence-electron chi connectivity index (χ2n) is 6.37. The molecule has 1 aliphatic carbocycles. The minimum Gasteiger partial charge on any atom is -0.339 e. The van der Waals surface area contributed by atoms with Crippen LogP contribution >= 0.6 is 0 Å². The van der Waals surface area contributed by atoms with Crippen LogP contribution in [-0.4, -0.2) is 23.4 Å². The number of nitrogens with zero attached hydrogens (tertiary/aromatic N) is 1. The Bertz CT molecular complexity index is 250. The average molecular weight is 209 g/mol. The topological polar surface area (TPSA) is 20.3 Å². The summed E-state index contributed by atoms with van der Waals surface area (Å²) in [6.07, 6.45) is 5.88. The maximum absolute atomic E-state index is 12.1. The van der Waals surface area contributed by atoms with Crippen LogP contribution < -0.4 is 0 Å². The van der Waals surface area contributed by atoms with Crippen molar-refractivity contribution < 1.29 is 4.79 Å². The third kappa shape index (κ3) is 2.73. The van der Waals surface area contributed by atoms with Gasteiger partial charge in [0.05, 0.1) is 0 Å². The largest absolute Gasteiger partial charge is 0.339 e. The molecule has 86 valence electrons. The summed E-state index contributed by atoms with van der Waals surface area (Å²) in [6.45, 7) is 7.45. The van der Waals surface area contributed by atoms with Crippen LogP contribution in [0, 0.1) is 11.3 Å². The van der Waals surface area contributed by atoms with Crippen LogP contribution in [0.25, 0.3) is 0 Å². The number of likely N-dealkylation sites (tertiary alicyclic amines) is 1. The minimum atomic E-state index is 0.133. The number of carbonyl (C=O) groups excluding carboxylic acids is 1. The molecule has 2 aliphatic rings. The van der Waals surface area contributed by atoms with E-state index in [0.29, 0.717) is 18.4 Å². The SMILES string of the molecule is CC(C)(C)CC(=O)N1CCCC1C1CC1. The fourth-order valence-electron chi connectivity index (χ4n) is 2.63. The summed E-state index contributed by atoms with van der Waals surface area (Å²) >= 11 is 0. The maximum Gasteiger partial charge on any atom is 0.223 e. The van der Waals surface area contributed by atoms with Crippen molar-refractivity contribution in [2.45, 2.75) is 58.9 Å². The predicted octanol–water partition coefficient (Wildman–Crippen LogP) is 2.82. The molecule has 0 aromatic heterocycles. The monoisotopic (exact) mass is 209 g/mol. The Morgan fingerprint density at radius 1 is 1.27 bits per heavy atom. The Kier molecular flexibility index (Phi) is 2.78. The van der Waals surface area contributed by atoms with Gasteiger partial charge in [-0.05, 0) is 37.0 Å². The normalized spacial score (nSPS) is 27.1. The smallest absolute Gasteiger partial charge is 0.223 e. The molecule has 2 nitrogen and oxygen atoms in total. The van der Waals surface area contributed by atoms with Crippen LogP contribution in [0.3, 0.4) is 0 Å². The van der Waals surface area contributed by atoms with E-state index in [2.05, 4.69) is 25.7 Å². The minimum absolute atomic E-state index is 0.133. The van der Waals surface area contributed by atoms with Crippen molar-refractivity contribution in [1.82, 2.24) is 4.90 Å². The van der Waals surface area contributed by atoms with E-state index in [-0.39, 0.29) is 5.41 Å². The number of hydrogen-bond donors (Lipinski definition) is 0. The van der Waals surface area contributed by atoms with Crippen molar-refractivity contribution in [3.05, 3.63) is 0 Å². The molecule has 1 saturated heterocycles. The van der Waals surface area contributed by atoms with Crippen LogP contribution in [-0.2, 0) is 4.79 Å². The van der Waals surface area contributed by atoms with Gasteiger partial charge in [-0.3, -0.25) is 4.79 Å². The summed E-state index contributed by atoms with van der Waals surface area (Å²) in [5.41, 5.74) is 0.133. The summed E-state index contributed by atoms with van der Waals surface area (Å²) in [4.78, 5) is 14.3. The van der Waals surface area contributed by atoms with Gasteiger partial charge >= 0.3 is 0 Å². The van der Waals surface area contributed by atoms with E-state index >= 15 is 0 Å². The lowest BCUT2D eigenvalue weighted by atomic mass is 9.91. The summed E-state index contributed by atoms with van der Waals surface area (Å²) in [7, 11) is 0. The molecule has 1 aliphatic heterocycles. The van der Waals surface area contributed by atoms with E-state index in [1.165, 1.54) is 25.7 Å². The first kappa shape index (κ1) is 11.0. The number of amides is 1. The van der Waals surface area contributed by atoms with Gasteiger partial charge in [0.25, 0.3) is 0 Å². The molecule has 0 radical (unpaired) electrons. The lowest BCUT2D eigenvalue weighted by Crippen LogP contribution is -2.38. The van der Waals surface area contributed by atoms with Crippen molar-refractivity contribution in [2.24, 2.45) is 11.3 Å². The van der Waals surface area contributed by atoms with Gasteiger partial charge in [0.2, 0.25) is 5.91 Å². The van der Waals surface area contributed by atoms with E-state index in [1.807, 2.05) is 0 Å². The molecular formula is C13H23NO. The van der Waals surface area contributed by atoms with Crippen LogP contribution in [0.4, 0.5) is 0 Å². The van der Waals surface area contributed by atoms with Crippen LogP contribution in [0.2, 0.25) is 0 Å². The molecule has 2 heteroatoms. The maximum atomic E-state index is 12.1. The van der Waals surface area contributed by atoms with Crippen LogP contribution in [0.5, 0.6) is 0 Å². The molecule has 1 unspecified atom stereocenters. The van der Waals surface area contributed by atoms with Gasteiger partial charge in [0.1, 0.15) is 0 Å². The van der Waals surface area contributed by atoms with Gasteiger partial charge in [-0.25, -0.2) is 0 Å². The number of rotatable bonds is 2. The summed E-state index contributed by atoms with van der Waals surface area (Å²) < 4.78 is 0. The van der Waals surface area contributed by atoms with Gasteiger partial charge in [-0.2, -0.15) is 0 Å². The van der Waals surface area contributed by atoms with E-state index in [4.69, 9.17) is 0 Å². The highest BCUT2D eigenvalue weighted by Crippen LogP contribution is 2.40. The van der Waals surface area contributed by atoms with Crippen LogP contribution in [0.1, 0.15) is 52.9 Å². The van der Waals surface area contributed by atoms with E-state index < -0.39 is 0 Å². The van der Waals surface area contributed by atoms with Gasteiger partial charge in [-0.15, -0.1) is 0 Å². The van der Waals surface area contributed by atoms with E-state index in [0.717, 1.165) is 12.5 Å². The second-order valence-corrected chi connectivity index (χ2v) is 6.37. The van der Waals surface area contributed by atoms with Crippen molar-refractivity contribution in [3.63, 3.8) is 0 Å². The average Bonchev–Trinajstić information content (AvgIpc) is 2.80. The fraction of sp³-hybridized carbons (Fsp3) is 0.923. The first-order valence-corrected chi connectivity index (χ1v) is 6.27. The molecule has 1 atom stereocenters. The quantitative estimate of drug-likeness (QED) is 0.685. The lowest BCUT2D eigenvalue weighted by molar-refractivity contribution is -0.134. The summed E-state index contributed by atoms with van der Waals surface area (Å²) in [5.74, 6) is 1.23. The molecule has 2 fully saturated rings. The first-order valence-electron chi connectivity index (χ1n) is 6.27. The van der Waals surface area contributed by atoms with Gasteiger partial charge in [0.15, 0.2) is 0 Å². The van der Waals surface area contributed by atoms with E-state index in [9.17, 15) is 4.79 Å². The van der Waals surface area contributed by atoms with Gasteiger partial charge in [-0.1, -0.05) is 20.8 Å². The Hall–Kier alpha value is -0.530. The lowest BCUT2D eigenvalue weighted by Gasteiger charge is -2.28. The molecule has 1 saturated carbocycles. The van der Waals surface area contributed by atoms with Crippen molar-refractivity contribution in [1.29, 1.82) is 0 Å². The Morgan fingerprint density at radius 2 is 1.93 bits per heavy atom. The zero-order valence-electron chi connectivity index (χ0n) is 10.3. The molecule has 0 aromatic carbocycles. The fourth-order valence-corrected chi connectivity index (χ4v) is 2.63. The summed E-state index contributed by atoms with van der Waals surface area (Å²) in [6, 6.07) is 0.597. The molecule has 0 spiro atoms.